The highest BCUT2D eigenvalue weighted by atomic mass is 16.6. The molecule has 2 amide bonds. The predicted octanol–water partition coefficient (Wildman–Crippen LogP) is 4.65. The topological polar surface area (TPSA) is 70.1 Å². The molecule has 1 atom stereocenters. The van der Waals surface area contributed by atoms with Gasteiger partial charge in [-0.25, -0.2) is 4.79 Å². The van der Waals surface area contributed by atoms with Gasteiger partial charge in [0.25, 0.3) is 0 Å². The third-order valence-electron chi connectivity index (χ3n) is 6.09. The Kier molecular flexibility index (Phi) is 8.01. The van der Waals surface area contributed by atoms with Crippen LogP contribution in [0.1, 0.15) is 44.7 Å². The van der Waals surface area contributed by atoms with Crippen LogP contribution in [0.15, 0.2) is 54.6 Å². The number of benzene rings is 2. The van der Waals surface area contributed by atoms with Gasteiger partial charge in [0.1, 0.15) is 17.4 Å². The van der Waals surface area contributed by atoms with E-state index < -0.39 is 17.7 Å². The molecule has 178 valence electrons. The van der Waals surface area contributed by atoms with Crippen molar-refractivity contribution in [2.75, 3.05) is 20.1 Å². The third kappa shape index (κ3) is 7.24. The third-order valence-corrected chi connectivity index (χ3v) is 6.09. The van der Waals surface area contributed by atoms with Crippen molar-refractivity contribution in [3.05, 3.63) is 65.7 Å². The Morgan fingerprint density at radius 1 is 1.03 bits per heavy atom. The van der Waals surface area contributed by atoms with Crippen LogP contribution in [0.3, 0.4) is 0 Å². The van der Waals surface area contributed by atoms with Crippen molar-refractivity contribution in [2.45, 2.75) is 58.1 Å². The summed E-state index contributed by atoms with van der Waals surface area (Å²) in [5.74, 6) is 0.660. The van der Waals surface area contributed by atoms with Crippen LogP contribution in [-0.2, 0) is 22.4 Å². The largest absolute Gasteiger partial charge is 0.508 e. The number of likely N-dealkylation sites (N-methyl/N-ethyl adjacent to an activating group) is 1. The summed E-state index contributed by atoms with van der Waals surface area (Å²) in [7, 11) is 1.62. The monoisotopic (exact) mass is 452 g/mol. The van der Waals surface area contributed by atoms with E-state index in [-0.39, 0.29) is 11.7 Å². The number of phenolic OH excluding ortho intramolecular Hbond substituents is 1. The van der Waals surface area contributed by atoms with E-state index in [2.05, 4.69) is 24.3 Å². The molecule has 0 saturated carbocycles. The molecule has 0 aromatic heterocycles. The molecule has 6 heteroatoms. The highest BCUT2D eigenvalue weighted by molar-refractivity contribution is 5.86. The molecule has 1 aliphatic rings. The van der Waals surface area contributed by atoms with Gasteiger partial charge >= 0.3 is 6.09 Å². The number of carbonyl (C=O) groups excluding carboxylic acids is 2. The van der Waals surface area contributed by atoms with E-state index in [1.165, 1.54) is 10.5 Å². The number of hydrogen-bond donors (Lipinski definition) is 1. The van der Waals surface area contributed by atoms with E-state index in [0.717, 1.165) is 24.8 Å². The fraction of sp³-hybridized carbons (Fsp3) is 0.481. The molecule has 1 heterocycles. The number of piperidine rings is 1. The van der Waals surface area contributed by atoms with Crippen molar-refractivity contribution in [2.24, 2.45) is 5.92 Å². The van der Waals surface area contributed by atoms with Crippen LogP contribution in [-0.4, -0.2) is 58.7 Å². The molecule has 0 radical (unpaired) electrons. The number of carbonyl (C=O) groups is 2. The van der Waals surface area contributed by atoms with Gasteiger partial charge in [-0.3, -0.25) is 9.69 Å². The summed E-state index contributed by atoms with van der Waals surface area (Å²) in [6, 6.07) is 16.6. The maximum Gasteiger partial charge on any atom is 0.410 e. The van der Waals surface area contributed by atoms with E-state index >= 15 is 0 Å². The van der Waals surface area contributed by atoms with Gasteiger partial charge in [0.05, 0.1) is 0 Å². The zero-order chi connectivity index (χ0) is 24.0. The lowest BCUT2D eigenvalue weighted by molar-refractivity contribution is -0.137. The van der Waals surface area contributed by atoms with Gasteiger partial charge in [-0.05, 0) is 69.2 Å². The average molecular weight is 453 g/mol. The second kappa shape index (κ2) is 10.7. The Labute approximate surface area is 197 Å². The zero-order valence-corrected chi connectivity index (χ0v) is 20.2. The van der Waals surface area contributed by atoms with Crippen molar-refractivity contribution in [3.63, 3.8) is 0 Å². The lowest BCUT2D eigenvalue weighted by Gasteiger charge is -2.37. The number of aromatic hydroxyl groups is 1. The van der Waals surface area contributed by atoms with Gasteiger partial charge < -0.3 is 14.7 Å². The number of phenols is 1. The Hall–Kier alpha value is -3.02. The number of hydrogen-bond acceptors (Lipinski definition) is 4. The second-order valence-corrected chi connectivity index (χ2v) is 9.94. The first-order valence-corrected chi connectivity index (χ1v) is 11.7. The quantitative estimate of drug-likeness (QED) is 0.693. The molecule has 2 aromatic carbocycles. The lowest BCUT2D eigenvalue weighted by atomic mass is 9.89. The summed E-state index contributed by atoms with van der Waals surface area (Å²) in [6.45, 7) is 6.81. The fourth-order valence-corrected chi connectivity index (χ4v) is 4.22. The first-order chi connectivity index (χ1) is 15.6. The molecular formula is C27H36N2O4. The summed E-state index contributed by atoms with van der Waals surface area (Å²) in [5.41, 5.74) is 1.56. The van der Waals surface area contributed by atoms with Crippen molar-refractivity contribution in [1.29, 1.82) is 0 Å². The van der Waals surface area contributed by atoms with Crippen LogP contribution < -0.4 is 0 Å². The predicted molar refractivity (Wildman–Crippen MR) is 129 cm³/mol. The van der Waals surface area contributed by atoms with E-state index in [1.54, 1.807) is 31.3 Å². The van der Waals surface area contributed by atoms with Crippen molar-refractivity contribution >= 4 is 12.0 Å². The van der Waals surface area contributed by atoms with Gasteiger partial charge in [-0.2, -0.15) is 0 Å². The summed E-state index contributed by atoms with van der Waals surface area (Å²) in [5, 5.41) is 9.60. The zero-order valence-electron chi connectivity index (χ0n) is 20.2. The van der Waals surface area contributed by atoms with Crippen LogP contribution in [0.2, 0.25) is 0 Å². The maximum absolute atomic E-state index is 13.6. The molecule has 0 spiro atoms. The minimum Gasteiger partial charge on any atom is -0.508 e. The van der Waals surface area contributed by atoms with E-state index in [9.17, 15) is 14.7 Å². The van der Waals surface area contributed by atoms with Crippen molar-refractivity contribution < 1.29 is 19.4 Å². The van der Waals surface area contributed by atoms with Crippen LogP contribution in [0.5, 0.6) is 5.75 Å². The van der Waals surface area contributed by atoms with E-state index in [4.69, 9.17) is 4.74 Å². The van der Waals surface area contributed by atoms with E-state index in [1.807, 2.05) is 31.7 Å². The van der Waals surface area contributed by atoms with Crippen LogP contribution in [0, 0.1) is 5.92 Å². The number of nitrogens with zero attached hydrogens (tertiary/aromatic N) is 2. The summed E-state index contributed by atoms with van der Waals surface area (Å²) in [6.07, 6.45) is 2.76. The van der Waals surface area contributed by atoms with Crippen molar-refractivity contribution in [3.8, 4) is 5.75 Å². The molecule has 1 aliphatic heterocycles. The smallest absolute Gasteiger partial charge is 0.410 e. The standard InChI is InChI=1S/C27H36N2O4/c1-27(2,3)33-26(32)28(4)24(19-21-10-12-23(30)13-11-21)25(31)29-16-14-22(15-17-29)18-20-8-6-5-7-9-20/h5-13,22,24,30H,14-19H2,1-4H3. The molecule has 3 rings (SSSR count). The molecule has 6 nitrogen and oxygen atoms in total. The van der Waals surface area contributed by atoms with E-state index in [0.29, 0.717) is 25.4 Å². The number of rotatable bonds is 6. The van der Waals surface area contributed by atoms with Gasteiger partial charge in [0.15, 0.2) is 0 Å². The highest BCUT2D eigenvalue weighted by Gasteiger charge is 2.34. The van der Waals surface area contributed by atoms with Crippen LogP contribution >= 0.6 is 0 Å². The molecule has 1 unspecified atom stereocenters. The Morgan fingerprint density at radius 3 is 2.21 bits per heavy atom. The second-order valence-electron chi connectivity index (χ2n) is 9.94. The van der Waals surface area contributed by atoms with Gasteiger partial charge in [0.2, 0.25) is 5.91 Å². The Morgan fingerprint density at radius 2 is 1.64 bits per heavy atom. The van der Waals surface area contributed by atoms with Gasteiger partial charge in [-0.15, -0.1) is 0 Å². The minimum absolute atomic E-state index is 0.0606. The summed E-state index contributed by atoms with van der Waals surface area (Å²) >= 11 is 0. The maximum atomic E-state index is 13.6. The Bertz CT molecular complexity index is 913. The normalized spacial score (nSPS) is 15.7. The number of amides is 2. The Balaban J connectivity index is 1.69. The highest BCUT2D eigenvalue weighted by Crippen LogP contribution is 2.24. The molecule has 0 bridgehead atoms. The first-order valence-electron chi connectivity index (χ1n) is 11.7. The van der Waals surface area contributed by atoms with Gasteiger partial charge in [0, 0.05) is 26.6 Å². The number of ether oxygens (including phenoxy) is 1. The first kappa shape index (κ1) is 24.6. The van der Waals surface area contributed by atoms with Gasteiger partial charge in [-0.1, -0.05) is 42.5 Å². The molecule has 1 saturated heterocycles. The van der Waals surface area contributed by atoms with Crippen LogP contribution in [0.25, 0.3) is 0 Å². The number of likely N-dealkylation sites (tertiary alicyclic amines) is 1. The average Bonchev–Trinajstić information content (AvgIpc) is 2.78. The summed E-state index contributed by atoms with van der Waals surface area (Å²) < 4.78 is 5.53. The summed E-state index contributed by atoms with van der Waals surface area (Å²) in [4.78, 5) is 29.6. The molecule has 1 fully saturated rings. The fourth-order valence-electron chi connectivity index (χ4n) is 4.22. The molecular weight excluding hydrogens is 416 g/mol. The molecule has 2 aromatic rings. The molecule has 1 N–H and O–H groups in total. The van der Waals surface area contributed by atoms with Crippen LogP contribution in [0.4, 0.5) is 4.79 Å². The molecule has 0 aliphatic carbocycles. The molecule has 33 heavy (non-hydrogen) atoms. The SMILES string of the molecule is CN(C(=O)OC(C)(C)C)C(Cc1ccc(O)cc1)C(=O)N1CCC(Cc2ccccc2)CC1. The lowest BCUT2D eigenvalue weighted by Crippen LogP contribution is -2.53. The minimum atomic E-state index is -0.671. The van der Waals surface area contributed by atoms with Crippen molar-refractivity contribution in [1.82, 2.24) is 9.80 Å².